The molecule has 0 saturated heterocycles. The second kappa shape index (κ2) is 8.24. The van der Waals surface area contributed by atoms with E-state index in [2.05, 4.69) is 26.6 Å². The van der Waals surface area contributed by atoms with Crippen LogP contribution >= 0.6 is 15.9 Å². The normalized spacial score (nSPS) is 11.0. The molecule has 0 atom stereocenters. The summed E-state index contributed by atoms with van der Waals surface area (Å²) in [6.07, 6.45) is 0.0825. The average molecular weight is 426 g/mol. The van der Waals surface area contributed by atoms with Gasteiger partial charge in [0, 0.05) is 28.7 Å². The molecule has 2 aromatic carbocycles. The predicted octanol–water partition coefficient (Wildman–Crippen LogP) is 1.86. The van der Waals surface area contributed by atoms with Crippen LogP contribution in [0.3, 0.4) is 0 Å². The standard InChI is InChI=1S/C16H16BrN3O4S/c17-12-3-1-11(2-4-12)16(22)19-10-9-15(21)20-13-5-7-14(8-6-13)25(18,23)24/h1-8H,9-10H2,(H,19,22)(H,20,21)(H2,18,23,24). The van der Waals surface area contributed by atoms with Crippen molar-refractivity contribution in [3.05, 3.63) is 58.6 Å². The molecule has 25 heavy (non-hydrogen) atoms. The zero-order chi connectivity index (χ0) is 18.4. The number of carbonyl (C=O) groups excluding carboxylic acids is 2. The van der Waals surface area contributed by atoms with E-state index < -0.39 is 10.0 Å². The number of halogens is 1. The Hall–Kier alpha value is -2.23. The van der Waals surface area contributed by atoms with Crippen molar-refractivity contribution in [1.29, 1.82) is 0 Å². The highest BCUT2D eigenvalue weighted by molar-refractivity contribution is 9.10. The minimum absolute atomic E-state index is 0.0349. The fourth-order valence-corrected chi connectivity index (χ4v) is 2.72. The molecule has 0 heterocycles. The van der Waals surface area contributed by atoms with Crippen molar-refractivity contribution in [3.63, 3.8) is 0 Å². The quantitative estimate of drug-likeness (QED) is 0.653. The van der Waals surface area contributed by atoms with Gasteiger partial charge in [-0.3, -0.25) is 9.59 Å². The molecule has 0 aliphatic carbocycles. The molecule has 9 heteroatoms. The number of hydrogen-bond donors (Lipinski definition) is 3. The fourth-order valence-electron chi connectivity index (χ4n) is 1.94. The fraction of sp³-hybridized carbons (Fsp3) is 0.125. The van der Waals surface area contributed by atoms with Gasteiger partial charge >= 0.3 is 0 Å². The predicted molar refractivity (Wildman–Crippen MR) is 97.5 cm³/mol. The van der Waals surface area contributed by atoms with E-state index in [1.807, 2.05) is 0 Å². The molecule has 0 radical (unpaired) electrons. The average Bonchev–Trinajstić information content (AvgIpc) is 2.55. The van der Waals surface area contributed by atoms with E-state index >= 15 is 0 Å². The van der Waals surface area contributed by atoms with Gasteiger partial charge in [-0.15, -0.1) is 0 Å². The van der Waals surface area contributed by atoms with Gasteiger partial charge in [-0.05, 0) is 48.5 Å². The molecule has 0 bridgehead atoms. The summed E-state index contributed by atoms with van der Waals surface area (Å²) < 4.78 is 23.2. The van der Waals surface area contributed by atoms with Crippen LogP contribution in [0.15, 0.2) is 57.9 Å². The van der Waals surface area contributed by atoms with Crippen LogP contribution in [0.25, 0.3) is 0 Å². The molecule has 2 amide bonds. The largest absolute Gasteiger partial charge is 0.352 e. The molecular formula is C16H16BrN3O4S. The van der Waals surface area contributed by atoms with Gasteiger partial charge in [0.05, 0.1) is 4.90 Å². The summed E-state index contributed by atoms with van der Waals surface area (Å²) >= 11 is 3.29. The molecule has 0 fully saturated rings. The Kier molecular flexibility index (Phi) is 6.29. The highest BCUT2D eigenvalue weighted by atomic mass is 79.9. The molecule has 0 spiro atoms. The van der Waals surface area contributed by atoms with Crippen molar-refractivity contribution in [2.45, 2.75) is 11.3 Å². The molecule has 0 saturated carbocycles. The van der Waals surface area contributed by atoms with Crippen LogP contribution in [0.4, 0.5) is 5.69 Å². The highest BCUT2D eigenvalue weighted by Gasteiger charge is 2.09. The molecule has 7 nitrogen and oxygen atoms in total. The number of hydrogen-bond acceptors (Lipinski definition) is 4. The third-order valence-corrected chi connectivity index (χ3v) is 4.67. The highest BCUT2D eigenvalue weighted by Crippen LogP contribution is 2.13. The number of benzene rings is 2. The van der Waals surface area contributed by atoms with E-state index in [-0.39, 0.29) is 29.7 Å². The summed E-state index contributed by atoms with van der Waals surface area (Å²) in [5.41, 5.74) is 0.943. The number of primary sulfonamides is 1. The summed E-state index contributed by atoms with van der Waals surface area (Å²) in [4.78, 5) is 23.7. The Balaban J connectivity index is 1.80. The van der Waals surface area contributed by atoms with E-state index in [4.69, 9.17) is 5.14 Å². The Morgan fingerprint density at radius 2 is 1.60 bits per heavy atom. The van der Waals surface area contributed by atoms with E-state index in [0.29, 0.717) is 11.3 Å². The van der Waals surface area contributed by atoms with Crippen LogP contribution in [-0.2, 0) is 14.8 Å². The smallest absolute Gasteiger partial charge is 0.251 e. The summed E-state index contributed by atoms with van der Waals surface area (Å²) in [5.74, 6) is -0.572. The van der Waals surface area contributed by atoms with Gasteiger partial charge in [0.25, 0.3) is 5.91 Å². The maximum atomic E-state index is 11.9. The molecule has 132 valence electrons. The topological polar surface area (TPSA) is 118 Å². The van der Waals surface area contributed by atoms with Crippen molar-refractivity contribution in [1.82, 2.24) is 5.32 Å². The van der Waals surface area contributed by atoms with Gasteiger partial charge in [-0.2, -0.15) is 0 Å². The number of nitrogens with two attached hydrogens (primary N) is 1. The molecule has 0 aliphatic heterocycles. The Morgan fingerprint density at radius 1 is 1.00 bits per heavy atom. The lowest BCUT2D eigenvalue weighted by atomic mass is 10.2. The van der Waals surface area contributed by atoms with Crippen LogP contribution < -0.4 is 15.8 Å². The maximum absolute atomic E-state index is 11.9. The summed E-state index contributed by atoms with van der Waals surface area (Å²) in [7, 11) is -3.76. The van der Waals surface area contributed by atoms with Crippen LogP contribution in [0, 0.1) is 0 Å². The van der Waals surface area contributed by atoms with Crippen LogP contribution in [-0.4, -0.2) is 26.8 Å². The Bertz CT molecular complexity index is 865. The number of rotatable bonds is 6. The SMILES string of the molecule is NS(=O)(=O)c1ccc(NC(=O)CCNC(=O)c2ccc(Br)cc2)cc1. The number of nitrogens with one attached hydrogen (secondary N) is 2. The molecule has 4 N–H and O–H groups in total. The summed E-state index contributed by atoms with van der Waals surface area (Å²) in [6, 6.07) is 12.4. The first kappa shape index (κ1) is 19.1. The van der Waals surface area contributed by atoms with E-state index in [1.54, 1.807) is 24.3 Å². The minimum atomic E-state index is -3.76. The molecule has 0 aromatic heterocycles. The number of carbonyl (C=O) groups is 2. The molecule has 2 rings (SSSR count). The van der Waals surface area contributed by atoms with Gasteiger partial charge in [-0.25, -0.2) is 13.6 Å². The summed E-state index contributed by atoms with van der Waals surface area (Å²) in [5, 5.41) is 10.3. The third kappa shape index (κ3) is 5.96. The number of anilines is 1. The van der Waals surface area contributed by atoms with Gasteiger partial charge in [0.1, 0.15) is 0 Å². The zero-order valence-electron chi connectivity index (χ0n) is 13.0. The second-order valence-corrected chi connectivity index (χ2v) is 7.61. The van der Waals surface area contributed by atoms with Crippen LogP contribution in [0.2, 0.25) is 0 Å². The zero-order valence-corrected chi connectivity index (χ0v) is 15.4. The lowest BCUT2D eigenvalue weighted by Crippen LogP contribution is -2.27. The Morgan fingerprint density at radius 3 is 2.16 bits per heavy atom. The number of sulfonamides is 1. The van der Waals surface area contributed by atoms with Gasteiger partial charge in [0.15, 0.2) is 0 Å². The maximum Gasteiger partial charge on any atom is 0.251 e. The van der Waals surface area contributed by atoms with E-state index in [0.717, 1.165) is 4.47 Å². The summed E-state index contributed by atoms with van der Waals surface area (Å²) in [6.45, 7) is 0.177. The van der Waals surface area contributed by atoms with Crippen molar-refractivity contribution < 1.29 is 18.0 Å². The van der Waals surface area contributed by atoms with Crippen molar-refractivity contribution >= 4 is 43.5 Å². The van der Waals surface area contributed by atoms with Crippen molar-refractivity contribution in [3.8, 4) is 0 Å². The van der Waals surface area contributed by atoms with Gasteiger partial charge in [0.2, 0.25) is 15.9 Å². The molecule has 2 aromatic rings. The molecular weight excluding hydrogens is 410 g/mol. The van der Waals surface area contributed by atoms with Gasteiger partial charge in [-0.1, -0.05) is 15.9 Å². The van der Waals surface area contributed by atoms with E-state index in [9.17, 15) is 18.0 Å². The lowest BCUT2D eigenvalue weighted by Gasteiger charge is -2.07. The second-order valence-electron chi connectivity index (χ2n) is 5.13. The first-order valence-corrected chi connectivity index (χ1v) is 9.56. The van der Waals surface area contributed by atoms with Crippen molar-refractivity contribution in [2.24, 2.45) is 5.14 Å². The lowest BCUT2D eigenvalue weighted by molar-refractivity contribution is -0.116. The molecule has 0 aliphatic rings. The van der Waals surface area contributed by atoms with Crippen LogP contribution in [0.1, 0.15) is 16.8 Å². The van der Waals surface area contributed by atoms with Gasteiger partial charge < -0.3 is 10.6 Å². The monoisotopic (exact) mass is 425 g/mol. The number of amides is 2. The minimum Gasteiger partial charge on any atom is -0.352 e. The molecule has 0 unspecified atom stereocenters. The first-order valence-electron chi connectivity index (χ1n) is 7.22. The Labute approximate surface area is 153 Å². The first-order chi connectivity index (χ1) is 11.8. The van der Waals surface area contributed by atoms with E-state index in [1.165, 1.54) is 24.3 Å². The van der Waals surface area contributed by atoms with Crippen LogP contribution in [0.5, 0.6) is 0 Å². The third-order valence-electron chi connectivity index (χ3n) is 3.21. The van der Waals surface area contributed by atoms with Crippen molar-refractivity contribution in [2.75, 3.05) is 11.9 Å².